The van der Waals surface area contributed by atoms with Crippen LogP contribution in [0, 0.1) is 11.6 Å². The van der Waals surface area contributed by atoms with E-state index in [1.807, 2.05) is 0 Å². The van der Waals surface area contributed by atoms with Gasteiger partial charge in [0.15, 0.2) is 6.10 Å². The Morgan fingerprint density at radius 2 is 2.04 bits per heavy atom. The molecule has 0 spiro atoms. The number of ether oxygens (including phenoxy) is 1. The van der Waals surface area contributed by atoms with Crippen LogP contribution in [0.1, 0.15) is 32.6 Å². The van der Waals surface area contributed by atoms with Gasteiger partial charge in [0, 0.05) is 19.0 Å². The van der Waals surface area contributed by atoms with Crippen molar-refractivity contribution in [2.45, 2.75) is 38.7 Å². The van der Waals surface area contributed by atoms with Gasteiger partial charge in [-0.05, 0) is 31.9 Å². The first-order valence-electron chi connectivity index (χ1n) is 8.10. The number of nitrogens with one attached hydrogen (secondary N) is 1. The van der Waals surface area contributed by atoms with E-state index in [2.05, 4.69) is 5.32 Å². The van der Waals surface area contributed by atoms with Gasteiger partial charge in [-0.2, -0.15) is 0 Å². The summed E-state index contributed by atoms with van der Waals surface area (Å²) in [5, 5.41) is 2.23. The molecule has 136 valence electrons. The van der Waals surface area contributed by atoms with Crippen LogP contribution >= 0.6 is 0 Å². The number of carbonyl (C=O) groups excluding carboxylic acids is 3. The lowest BCUT2D eigenvalue weighted by molar-refractivity contribution is -0.156. The molecule has 0 aliphatic carbocycles. The lowest BCUT2D eigenvalue weighted by Crippen LogP contribution is -2.38. The summed E-state index contributed by atoms with van der Waals surface area (Å²) in [6.07, 6.45) is 1.76. The molecule has 1 aliphatic heterocycles. The van der Waals surface area contributed by atoms with E-state index >= 15 is 0 Å². The normalized spacial score (nSPS) is 16.1. The van der Waals surface area contributed by atoms with Crippen molar-refractivity contribution < 1.29 is 27.9 Å². The summed E-state index contributed by atoms with van der Waals surface area (Å²) in [6, 6.07) is 2.71. The fraction of sp³-hybridized carbons (Fsp3) is 0.471. The molecule has 8 heteroatoms. The van der Waals surface area contributed by atoms with E-state index in [0.717, 1.165) is 31.4 Å². The number of rotatable bonds is 5. The average Bonchev–Trinajstić information content (AvgIpc) is 2.74. The van der Waals surface area contributed by atoms with Crippen molar-refractivity contribution in [1.82, 2.24) is 4.90 Å². The monoisotopic (exact) mass is 354 g/mol. The number of amides is 2. The minimum absolute atomic E-state index is 0.111. The van der Waals surface area contributed by atoms with Gasteiger partial charge in [0.05, 0.1) is 5.69 Å². The number of hydrogen-bond acceptors (Lipinski definition) is 4. The van der Waals surface area contributed by atoms with Gasteiger partial charge >= 0.3 is 5.97 Å². The molecule has 0 radical (unpaired) electrons. The van der Waals surface area contributed by atoms with Crippen LogP contribution in [-0.2, 0) is 19.1 Å². The third-order valence-corrected chi connectivity index (χ3v) is 3.86. The maximum atomic E-state index is 13.5. The average molecular weight is 354 g/mol. The Bertz CT molecular complexity index is 666. The van der Waals surface area contributed by atoms with Crippen LogP contribution in [0.15, 0.2) is 18.2 Å². The van der Waals surface area contributed by atoms with Crippen LogP contribution in [0.25, 0.3) is 0 Å². The van der Waals surface area contributed by atoms with Gasteiger partial charge in [-0.15, -0.1) is 0 Å². The highest BCUT2D eigenvalue weighted by molar-refractivity contribution is 5.95. The molecule has 1 N–H and O–H groups in total. The molecule has 6 nitrogen and oxygen atoms in total. The van der Waals surface area contributed by atoms with Crippen molar-refractivity contribution in [3.05, 3.63) is 29.8 Å². The molecule has 0 unspecified atom stereocenters. The van der Waals surface area contributed by atoms with Gasteiger partial charge in [-0.3, -0.25) is 14.4 Å². The summed E-state index contributed by atoms with van der Waals surface area (Å²) in [6.45, 7) is 1.59. The van der Waals surface area contributed by atoms with Crippen molar-refractivity contribution in [2.75, 3.05) is 18.4 Å². The highest BCUT2D eigenvalue weighted by Crippen LogP contribution is 2.16. The van der Waals surface area contributed by atoms with Crippen molar-refractivity contribution >= 4 is 23.5 Å². The molecule has 0 saturated carbocycles. The molecule has 25 heavy (non-hydrogen) atoms. The third kappa shape index (κ3) is 5.51. The van der Waals surface area contributed by atoms with Crippen molar-refractivity contribution in [3.63, 3.8) is 0 Å². The summed E-state index contributed by atoms with van der Waals surface area (Å²) < 4.78 is 31.4. The third-order valence-electron chi connectivity index (χ3n) is 3.86. The lowest BCUT2D eigenvalue weighted by atomic mass is 10.2. The number of hydrogen-bond donors (Lipinski definition) is 1. The zero-order valence-corrected chi connectivity index (χ0v) is 13.9. The van der Waals surface area contributed by atoms with Gasteiger partial charge < -0.3 is 15.0 Å². The van der Waals surface area contributed by atoms with Crippen LogP contribution in [0.3, 0.4) is 0 Å². The molecule has 0 bridgehead atoms. The number of nitrogens with zero attached hydrogens (tertiary/aromatic N) is 1. The van der Waals surface area contributed by atoms with Crippen LogP contribution in [0.2, 0.25) is 0 Å². The highest BCUT2D eigenvalue weighted by Gasteiger charge is 2.23. The molecule has 1 aliphatic rings. The van der Waals surface area contributed by atoms with Crippen LogP contribution < -0.4 is 5.32 Å². The molecule has 2 amide bonds. The van der Waals surface area contributed by atoms with Crippen LogP contribution in [0.4, 0.5) is 14.5 Å². The number of esters is 1. The number of halogens is 2. The lowest BCUT2D eigenvalue weighted by Gasteiger charge is -2.20. The molecule has 1 atom stereocenters. The molecular weight excluding hydrogens is 334 g/mol. The van der Waals surface area contributed by atoms with Gasteiger partial charge in [0.2, 0.25) is 5.91 Å². The molecular formula is C17H20F2N2O4. The maximum absolute atomic E-state index is 13.5. The van der Waals surface area contributed by atoms with E-state index in [0.29, 0.717) is 19.0 Å². The summed E-state index contributed by atoms with van der Waals surface area (Å²) in [5.41, 5.74) is -0.211. The molecule has 1 aromatic carbocycles. The zero-order valence-electron chi connectivity index (χ0n) is 13.9. The largest absolute Gasteiger partial charge is 0.451 e. The van der Waals surface area contributed by atoms with Crippen molar-refractivity contribution in [3.8, 4) is 0 Å². The maximum Gasteiger partial charge on any atom is 0.326 e. The van der Waals surface area contributed by atoms with Gasteiger partial charge in [0.1, 0.15) is 18.2 Å². The summed E-state index contributed by atoms with van der Waals surface area (Å²) in [5.74, 6) is -3.27. The molecule has 1 saturated heterocycles. The quantitative estimate of drug-likeness (QED) is 0.823. The molecule has 2 rings (SSSR count). The van der Waals surface area contributed by atoms with E-state index in [-0.39, 0.29) is 18.1 Å². The molecule has 1 fully saturated rings. The summed E-state index contributed by atoms with van der Waals surface area (Å²) in [4.78, 5) is 37.2. The van der Waals surface area contributed by atoms with Gasteiger partial charge in [-0.1, -0.05) is 6.42 Å². The topological polar surface area (TPSA) is 75.7 Å². The smallest absolute Gasteiger partial charge is 0.326 e. The van der Waals surface area contributed by atoms with Gasteiger partial charge in [-0.25, -0.2) is 8.78 Å². The zero-order chi connectivity index (χ0) is 18.4. The summed E-state index contributed by atoms with van der Waals surface area (Å²) in [7, 11) is 0. The second-order valence-corrected chi connectivity index (χ2v) is 5.87. The van der Waals surface area contributed by atoms with Crippen molar-refractivity contribution in [1.29, 1.82) is 0 Å². The second kappa shape index (κ2) is 8.55. The standard InChI is InChI=1S/C17H20F2N2O4/c1-11(17(24)20-14-7-6-12(18)9-13(14)19)25-16(23)10-21-8-4-2-3-5-15(21)22/h6-7,9,11H,2-5,8,10H2,1H3,(H,20,24)/t11-/m1/s1. The Morgan fingerprint density at radius 3 is 2.76 bits per heavy atom. The van der Waals surface area contributed by atoms with Crippen LogP contribution in [-0.4, -0.2) is 41.9 Å². The van der Waals surface area contributed by atoms with Crippen molar-refractivity contribution in [2.24, 2.45) is 0 Å². The van der Waals surface area contributed by atoms with E-state index in [4.69, 9.17) is 4.74 Å². The number of likely N-dealkylation sites (tertiary alicyclic amines) is 1. The Labute approximate surface area is 144 Å². The predicted octanol–water partition coefficient (Wildman–Crippen LogP) is 2.24. The van der Waals surface area contributed by atoms with E-state index in [1.165, 1.54) is 11.8 Å². The first-order chi connectivity index (χ1) is 11.9. The van der Waals surface area contributed by atoms with E-state index in [9.17, 15) is 23.2 Å². The first-order valence-corrected chi connectivity index (χ1v) is 8.10. The molecule has 0 aromatic heterocycles. The minimum atomic E-state index is -1.18. The Balaban J connectivity index is 1.87. The molecule has 1 aromatic rings. The van der Waals surface area contributed by atoms with Crippen LogP contribution in [0.5, 0.6) is 0 Å². The number of anilines is 1. The number of carbonyl (C=O) groups is 3. The predicted molar refractivity (Wildman–Crippen MR) is 85.6 cm³/mol. The second-order valence-electron chi connectivity index (χ2n) is 5.87. The Kier molecular flexibility index (Phi) is 6.44. The Hall–Kier alpha value is -2.51. The minimum Gasteiger partial charge on any atom is -0.451 e. The SMILES string of the molecule is C[C@@H](OC(=O)CN1CCCCCC1=O)C(=O)Nc1ccc(F)cc1F. The number of benzene rings is 1. The Morgan fingerprint density at radius 1 is 1.28 bits per heavy atom. The highest BCUT2D eigenvalue weighted by atomic mass is 19.1. The van der Waals surface area contributed by atoms with Gasteiger partial charge in [0.25, 0.3) is 5.91 Å². The summed E-state index contributed by atoms with van der Waals surface area (Å²) >= 11 is 0. The molecule has 1 heterocycles. The fourth-order valence-electron chi connectivity index (χ4n) is 2.47. The van der Waals surface area contributed by atoms with E-state index < -0.39 is 29.6 Å². The first kappa shape index (κ1) is 18.8. The van der Waals surface area contributed by atoms with E-state index in [1.54, 1.807) is 0 Å². The fourth-order valence-corrected chi connectivity index (χ4v) is 2.47.